The second-order valence-electron chi connectivity index (χ2n) is 6.86. The summed E-state index contributed by atoms with van der Waals surface area (Å²) in [6.45, 7) is 1.35. The van der Waals surface area contributed by atoms with Crippen LogP contribution in [-0.4, -0.2) is 29.1 Å². The monoisotopic (exact) mass is 464 g/mol. The van der Waals surface area contributed by atoms with E-state index in [0.717, 1.165) is 26.5 Å². The third-order valence-corrected chi connectivity index (χ3v) is 6.41. The summed E-state index contributed by atoms with van der Waals surface area (Å²) in [5, 5.41) is 0.832. The minimum Gasteiger partial charge on any atom is -0.289 e. The molecule has 1 heterocycles. The number of amidine groups is 1. The van der Waals surface area contributed by atoms with E-state index >= 15 is 0 Å². The van der Waals surface area contributed by atoms with E-state index in [1.807, 2.05) is 47.4 Å². The van der Waals surface area contributed by atoms with Crippen LogP contribution in [0.1, 0.15) is 11.1 Å². The molecule has 0 saturated heterocycles. The van der Waals surface area contributed by atoms with Gasteiger partial charge in [-0.1, -0.05) is 94.4 Å². The van der Waals surface area contributed by atoms with Crippen LogP contribution in [0.3, 0.4) is 0 Å². The molecule has 3 aromatic rings. The fraction of sp³-hybridized carbons (Fsp3) is 0.167. The molecule has 0 saturated carbocycles. The Morgan fingerprint density at radius 1 is 0.897 bits per heavy atom. The zero-order valence-electron chi connectivity index (χ0n) is 15.9. The van der Waals surface area contributed by atoms with Crippen LogP contribution < -0.4 is 0 Å². The van der Waals surface area contributed by atoms with Crippen molar-refractivity contribution in [1.82, 2.24) is 4.90 Å². The summed E-state index contributed by atoms with van der Waals surface area (Å²) in [5.74, 6) is 0.916. The average Bonchev–Trinajstić information content (AvgIpc) is 3.23. The Kier molecular flexibility index (Phi) is 6.47. The van der Waals surface area contributed by atoms with E-state index in [1.165, 1.54) is 11.1 Å². The van der Waals surface area contributed by atoms with E-state index in [4.69, 9.17) is 0 Å². The highest BCUT2D eigenvalue weighted by Gasteiger charge is 2.24. The molecule has 0 bridgehead atoms. The molecule has 1 amide bonds. The number of benzene rings is 3. The van der Waals surface area contributed by atoms with E-state index in [2.05, 4.69) is 57.3 Å². The third kappa shape index (κ3) is 5.17. The number of halogens is 1. The molecule has 3 aromatic carbocycles. The second-order valence-corrected chi connectivity index (χ2v) is 8.72. The molecule has 5 heteroatoms. The lowest BCUT2D eigenvalue weighted by Gasteiger charge is -2.18. The van der Waals surface area contributed by atoms with Crippen LogP contribution in [0.4, 0.5) is 0 Å². The molecular formula is C24H21BrN2OS. The van der Waals surface area contributed by atoms with Gasteiger partial charge in [0.15, 0.2) is 5.17 Å². The predicted molar refractivity (Wildman–Crippen MR) is 125 cm³/mol. The van der Waals surface area contributed by atoms with Crippen molar-refractivity contribution in [3.8, 4) is 11.1 Å². The summed E-state index contributed by atoms with van der Waals surface area (Å²) in [6, 6.07) is 26.8. The number of carbonyl (C=O) groups excluding carboxylic acids is 1. The first kappa shape index (κ1) is 19.9. The lowest BCUT2D eigenvalue weighted by molar-refractivity contribution is -0.126. The van der Waals surface area contributed by atoms with Crippen molar-refractivity contribution in [2.75, 3.05) is 13.1 Å². The number of hydrogen-bond donors (Lipinski definition) is 0. The van der Waals surface area contributed by atoms with Gasteiger partial charge in [0.2, 0.25) is 5.91 Å². The van der Waals surface area contributed by atoms with Crippen molar-refractivity contribution < 1.29 is 4.79 Å². The average molecular weight is 465 g/mol. The van der Waals surface area contributed by atoms with Gasteiger partial charge in [-0.05, 0) is 34.4 Å². The summed E-state index contributed by atoms with van der Waals surface area (Å²) in [7, 11) is 0. The number of rotatable bonds is 5. The van der Waals surface area contributed by atoms with Crippen LogP contribution in [-0.2, 0) is 17.0 Å². The molecule has 0 aliphatic carbocycles. The van der Waals surface area contributed by atoms with Gasteiger partial charge >= 0.3 is 0 Å². The maximum Gasteiger partial charge on any atom is 0.233 e. The first-order valence-corrected chi connectivity index (χ1v) is 11.3. The van der Waals surface area contributed by atoms with Gasteiger partial charge in [-0.25, -0.2) is 0 Å². The Bertz CT molecular complexity index is 1000. The fourth-order valence-electron chi connectivity index (χ4n) is 3.23. The molecule has 0 fully saturated rings. The number of aliphatic imine (C=N–C) groups is 1. The minimum atomic E-state index is 0.108. The van der Waals surface area contributed by atoms with Crippen LogP contribution in [0.15, 0.2) is 88.3 Å². The quantitative estimate of drug-likeness (QED) is 0.478. The molecule has 0 spiro atoms. The first-order chi connectivity index (χ1) is 14.2. The van der Waals surface area contributed by atoms with Gasteiger partial charge in [-0.2, -0.15) is 0 Å². The number of thioether (sulfide) groups is 1. The molecule has 0 radical (unpaired) electrons. The molecule has 4 rings (SSSR count). The summed E-state index contributed by atoms with van der Waals surface area (Å²) in [6.07, 6.45) is 0.396. The highest BCUT2D eigenvalue weighted by molar-refractivity contribution is 9.10. The third-order valence-electron chi connectivity index (χ3n) is 4.80. The predicted octanol–water partition coefficient (Wildman–Crippen LogP) is 5.79. The Morgan fingerprint density at radius 3 is 2.28 bits per heavy atom. The van der Waals surface area contributed by atoms with E-state index in [1.54, 1.807) is 11.8 Å². The van der Waals surface area contributed by atoms with Crippen molar-refractivity contribution in [2.24, 2.45) is 4.99 Å². The van der Waals surface area contributed by atoms with E-state index in [9.17, 15) is 4.79 Å². The molecule has 3 nitrogen and oxygen atoms in total. The summed E-state index contributed by atoms with van der Waals surface area (Å²) in [5.41, 5.74) is 4.59. The van der Waals surface area contributed by atoms with Gasteiger partial charge in [-0.3, -0.25) is 14.7 Å². The molecule has 146 valence electrons. The Morgan fingerprint density at radius 2 is 1.55 bits per heavy atom. The summed E-state index contributed by atoms with van der Waals surface area (Å²) >= 11 is 5.09. The standard InChI is InChI=1S/C24H21BrN2OS/c25-22-12-8-19(9-13-22)17-29-24-26-14-15-27(24)23(28)16-18-6-10-21(11-7-18)20-4-2-1-3-5-20/h1-13H,14-17H2. The van der Waals surface area contributed by atoms with Crippen molar-refractivity contribution in [3.63, 3.8) is 0 Å². The first-order valence-electron chi connectivity index (χ1n) is 9.55. The largest absolute Gasteiger partial charge is 0.289 e. The minimum absolute atomic E-state index is 0.108. The van der Waals surface area contributed by atoms with Gasteiger partial charge in [0, 0.05) is 16.8 Å². The lowest BCUT2D eigenvalue weighted by Crippen LogP contribution is -2.34. The van der Waals surface area contributed by atoms with Gasteiger partial charge in [0.05, 0.1) is 13.0 Å². The maximum absolute atomic E-state index is 12.9. The van der Waals surface area contributed by atoms with E-state index < -0.39 is 0 Å². The van der Waals surface area contributed by atoms with Crippen molar-refractivity contribution >= 4 is 38.8 Å². The molecule has 0 unspecified atom stereocenters. The second kappa shape index (κ2) is 9.42. The molecule has 0 aromatic heterocycles. The van der Waals surface area contributed by atoms with Crippen molar-refractivity contribution in [1.29, 1.82) is 0 Å². The topological polar surface area (TPSA) is 32.7 Å². The smallest absolute Gasteiger partial charge is 0.233 e. The SMILES string of the molecule is O=C(Cc1ccc(-c2ccccc2)cc1)N1CCN=C1SCc1ccc(Br)cc1. The van der Waals surface area contributed by atoms with Gasteiger partial charge in [-0.15, -0.1) is 0 Å². The Hall–Kier alpha value is -2.37. The van der Waals surface area contributed by atoms with Gasteiger partial charge < -0.3 is 0 Å². The molecule has 0 N–H and O–H groups in total. The molecule has 29 heavy (non-hydrogen) atoms. The van der Waals surface area contributed by atoms with E-state index in [-0.39, 0.29) is 5.91 Å². The van der Waals surface area contributed by atoms with Gasteiger partial charge in [0.25, 0.3) is 0 Å². The fourth-order valence-corrected chi connectivity index (χ4v) is 4.51. The molecular weight excluding hydrogens is 444 g/mol. The number of nitrogens with zero attached hydrogens (tertiary/aromatic N) is 2. The van der Waals surface area contributed by atoms with Crippen LogP contribution in [0.25, 0.3) is 11.1 Å². The number of hydrogen-bond acceptors (Lipinski definition) is 3. The number of amides is 1. The van der Waals surface area contributed by atoms with Crippen LogP contribution in [0, 0.1) is 0 Å². The summed E-state index contributed by atoms with van der Waals surface area (Å²) in [4.78, 5) is 19.2. The Balaban J connectivity index is 1.36. The molecule has 1 aliphatic heterocycles. The zero-order valence-corrected chi connectivity index (χ0v) is 18.3. The summed E-state index contributed by atoms with van der Waals surface area (Å²) < 4.78 is 1.07. The Labute approximate surface area is 184 Å². The van der Waals surface area contributed by atoms with Crippen LogP contribution >= 0.6 is 27.7 Å². The van der Waals surface area contributed by atoms with Crippen molar-refractivity contribution in [3.05, 3.63) is 94.5 Å². The van der Waals surface area contributed by atoms with E-state index in [0.29, 0.717) is 19.5 Å². The molecule has 1 aliphatic rings. The molecule has 0 atom stereocenters. The number of carbonyl (C=O) groups is 1. The normalized spacial score (nSPS) is 13.4. The van der Waals surface area contributed by atoms with Crippen LogP contribution in [0.5, 0.6) is 0 Å². The lowest BCUT2D eigenvalue weighted by atomic mass is 10.0. The highest BCUT2D eigenvalue weighted by atomic mass is 79.9. The van der Waals surface area contributed by atoms with Crippen LogP contribution in [0.2, 0.25) is 0 Å². The highest BCUT2D eigenvalue weighted by Crippen LogP contribution is 2.23. The van der Waals surface area contributed by atoms with Crippen molar-refractivity contribution in [2.45, 2.75) is 12.2 Å². The zero-order chi connectivity index (χ0) is 20.1. The maximum atomic E-state index is 12.9. The van der Waals surface area contributed by atoms with Gasteiger partial charge in [0.1, 0.15) is 0 Å².